The minimum Gasteiger partial charge on any atom is -0.308 e. The van der Waals surface area contributed by atoms with Gasteiger partial charge < -0.3 is 4.57 Å². The van der Waals surface area contributed by atoms with E-state index in [-0.39, 0.29) is 0 Å². The zero-order chi connectivity index (χ0) is 39.7. The van der Waals surface area contributed by atoms with Crippen molar-refractivity contribution in [3.63, 3.8) is 0 Å². The zero-order valence-electron chi connectivity index (χ0n) is 31.4. The fraction of sp³-hybridized carbons (Fsp3) is 0. The lowest BCUT2D eigenvalue weighted by Gasteiger charge is -2.16. The molecule has 0 saturated carbocycles. The number of nitriles is 2. The van der Waals surface area contributed by atoms with E-state index in [0.29, 0.717) is 40.0 Å². The van der Waals surface area contributed by atoms with Crippen molar-refractivity contribution in [2.24, 2.45) is 0 Å². The Morgan fingerprint density at radius 3 is 1.24 bits per heavy atom. The summed E-state index contributed by atoms with van der Waals surface area (Å²) >= 11 is 0. The smallest absolute Gasteiger partial charge is 0.166 e. The molecule has 0 unspecified atom stereocenters. The summed E-state index contributed by atoms with van der Waals surface area (Å²) in [6, 6.07) is 64.0. The Morgan fingerprint density at radius 2 is 0.780 bits per heavy atom. The quantitative estimate of drug-likeness (QED) is 0.159. The van der Waals surface area contributed by atoms with Gasteiger partial charge in [0.05, 0.1) is 51.4 Å². The maximum atomic E-state index is 9.91. The van der Waals surface area contributed by atoms with Crippen LogP contribution in [-0.2, 0) is 0 Å². The van der Waals surface area contributed by atoms with E-state index < -0.39 is 0 Å². The second-order valence-corrected chi connectivity index (χ2v) is 14.0. The summed E-state index contributed by atoms with van der Waals surface area (Å²) < 4.78 is 2.15. The lowest BCUT2D eigenvalue weighted by molar-refractivity contribution is 1.06. The second kappa shape index (κ2) is 14.8. The zero-order valence-corrected chi connectivity index (χ0v) is 31.4. The molecule has 0 saturated heterocycles. The van der Waals surface area contributed by atoms with E-state index in [1.54, 1.807) is 0 Å². The van der Waals surface area contributed by atoms with Crippen molar-refractivity contribution >= 4 is 21.8 Å². The molecule has 0 amide bonds. The first-order valence-electron chi connectivity index (χ1n) is 19.0. The highest BCUT2D eigenvalue weighted by Gasteiger charge is 2.22. The van der Waals surface area contributed by atoms with Crippen LogP contribution in [-0.4, -0.2) is 29.5 Å². The Balaban J connectivity index is 1.28. The molecule has 0 aliphatic carbocycles. The third-order valence-electron chi connectivity index (χ3n) is 10.3. The van der Waals surface area contributed by atoms with Crippen LogP contribution in [0.5, 0.6) is 0 Å². The second-order valence-electron chi connectivity index (χ2n) is 14.0. The van der Waals surface area contributed by atoms with Gasteiger partial charge in [-0.1, -0.05) is 121 Å². The molecule has 3 heterocycles. The van der Waals surface area contributed by atoms with Crippen LogP contribution in [0.2, 0.25) is 0 Å². The van der Waals surface area contributed by atoms with Crippen LogP contribution in [0, 0.1) is 22.7 Å². The van der Waals surface area contributed by atoms with E-state index in [4.69, 9.17) is 24.9 Å². The molecule has 0 aliphatic rings. The van der Waals surface area contributed by atoms with Crippen LogP contribution >= 0.6 is 0 Å². The summed E-state index contributed by atoms with van der Waals surface area (Å²) in [6.07, 6.45) is 0. The number of hydrogen-bond donors (Lipinski definition) is 0. The molecule has 0 radical (unpaired) electrons. The molecule has 10 rings (SSSR count). The Kier molecular flexibility index (Phi) is 8.76. The molecule has 8 nitrogen and oxygen atoms in total. The molecule has 3 aromatic heterocycles. The number of aromatic nitrogens is 6. The summed E-state index contributed by atoms with van der Waals surface area (Å²) in [5, 5.41) is 21.5. The Labute approximate surface area is 339 Å². The number of fused-ring (bicyclic) bond motifs is 3. The predicted molar refractivity (Wildman–Crippen MR) is 232 cm³/mol. The van der Waals surface area contributed by atoms with Gasteiger partial charge in [-0.2, -0.15) is 10.5 Å². The summed E-state index contributed by atoms with van der Waals surface area (Å²) in [6.45, 7) is 0. The number of rotatable bonds is 7. The minimum absolute atomic E-state index is 0.453. The first kappa shape index (κ1) is 34.9. The number of hydrogen-bond acceptors (Lipinski definition) is 7. The van der Waals surface area contributed by atoms with Crippen molar-refractivity contribution in [3.8, 4) is 85.9 Å². The number of benzene rings is 7. The Hall–Kier alpha value is -8.59. The standard InChI is InChI=1S/C51H30N8/c52-31-33-21-24-45-40(27-33)41-28-34(32-53)22-25-46(41)59(45)47-26-23-39(50-54-43(35-13-5-1-6-14-35)30-44(55-50)36-15-7-2-8-16-36)29-42(47)51-57-48(37-17-9-3-10-18-37)56-49(58-51)38-19-11-4-12-20-38/h1-30H. The lowest BCUT2D eigenvalue weighted by atomic mass is 10.0. The molecular weight excluding hydrogens is 725 g/mol. The molecule has 59 heavy (non-hydrogen) atoms. The molecule has 8 heteroatoms. The van der Waals surface area contributed by atoms with Crippen molar-refractivity contribution in [1.82, 2.24) is 29.5 Å². The molecule has 0 N–H and O–H groups in total. The van der Waals surface area contributed by atoms with E-state index in [1.807, 2.05) is 170 Å². The van der Waals surface area contributed by atoms with Gasteiger partial charge in [-0.25, -0.2) is 24.9 Å². The molecule has 0 spiro atoms. The summed E-state index contributed by atoms with van der Waals surface area (Å²) in [5.74, 6) is 2.05. The maximum Gasteiger partial charge on any atom is 0.166 e. The maximum absolute atomic E-state index is 9.91. The van der Waals surface area contributed by atoms with Crippen molar-refractivity contribution in [3.05, 3.63) is 193 Å². The van der Waals surface area contributed by atoms with Crippen LogP contribution in [0.25, 0.3) is 95.6 Å². The molecule has 7 aromatic carbocycles. The topological polar surface area (TPSA) is 117 Å². The van der Waals surface area contributed by atoms with Gasteiger partial charge >= 0.3 is 0 Å². The highest BCUT2D eigenvalue weighted by atomic mass is 15.1. The first-order valence-corrected chi connectivity index (χ1v) is 19.0. The van der Waals surface area contributed by atoms with Gasteiger partial charge in [-0.3, -0.25) is 0 Å². The largest absolute Gasteiger partial charge is 0.308 e. The fourth-order valence-corrected chi connectivity index (χ4v) is 7.49. The molecule has 0 bridgehead atoms. The Bertz CT molecular complexity index is 3090. The first-order chi connectivity index (χ1) is 29.1. The highest BCUT2D eigenvalue weighted by Crippen LogP contribution is 2.39. The van der Waals surface area contributed by atoms with E-state index in [0.717, 1.165) is 66.7 Å². The van der Waals surface area contributed by atoms with Crippen LogP contribution in [0.3, 0.4) is 0 Å². The van der Waals surface area contributed by atoms with Crippen LogP contribution in [0.15, 0.2) is 182 Å². The molecule has 10 aromatic rings. The van der Waals surface area contributed by atoms with Gasteiger partial charge in [-0.05, 0) is 60.7 Å². The van der Waals surface area contributed by atoms with Crippen molar-refractivity contribution in [1.29, 1.82) is 10.5 Å². The monoisotopic (exact) mass is 754 g/mol. The molecular formula is C51H30N8. The predicted octanol–water partition coefficient (Wildman–Crippen LogP) is 11.5. The normalized spacial score (nSPS) is 11.0. The van der Waals surface area contributed by atoms with Crippen LogP contribution in [0.4, 0.5) is 0 Å². The van der Waals surface area contributed by atoms with Gasteiger partial charge in [-0.15, -0.1) is 0 Å². The summed E-state index contributed by atoms with van der Waals surface area (Å²) in [4.78, 5) is 25.7. The summed E-state index contributed by atoms with van der Waals surface area (Å²) in [7, 11) is 0. The fourth-order valence-electron chi connectivity index (χ4n) is 7.49. The van der Waals surface area contributed by atoms with Crippen molar-refractivity contribution in [2.75, 3.05) is 0 Å². The lowest BCUT2D eigenvalue weighted by Crippen LogP contribution is -2.04. The molecule has 274 valence electrons. The molecule has 0 fully saturated rings. The Morgan fingerprint density at radius 1 is 0.356 bits per heavy atom. The third kappa shape index (κ3) is 6.53. The third-order valence-corrected chi connectivity index (χ3v) is 10.3. The average Bonchev–Trinajstić information content (AvgIpc) is 3.64. The van der Waals surface area contributed by atoms with Gasteiger partial charge in [0.15, 0.2) is 23.3 Å². The SMILES string of the molecule is N#Cc1ccc2c(c1)c1cc(C#N)ccc1n2-c1ccc(-c2nc(-c3ccccc3)cc(-c3ccccc3)n2)cc1-c1nc(-c2ccccc2)nc(-c2ccccc2)n1. The van der Waals surface area contributed by atoms with Gasteiger partial charge in [0, 0.05) is 44.2 Å². The van der Waals surface area contributed by atoms with Gasteiger partial charge in [0.25, 0.3) is 0 Å². The highest BCUT2D eigenvalue weighted by molar-refractivity contribution is 6.10. The van der Waals surface area contributed by atoms with Crippen LogP contribution in [0.1, 0.15) is 11.1 Å². The van der Waals surface area contributed by atoms with E-state index in [2.05, 4.69) is 28.8 Å². The molecule has 0 atom stereocenters. The van der Waals surface area contributed by atoms with E-state index in [1.165, 1.54) is 0 Å². The van der Waals surface area contributed by atoms with Crippen molar-refractivity contribution < 1.29 is 0 Å². The van der Waals surface area contributed by atoms with E-state index >= 15 is 0 Å². The molecule has 0 aliphatic heterocycles. The number of nitrogens with zero attached hydrogens (tertiary/aromatic N) is 8. The van der Waals surface area contributed by atoms with E-state index in [9.17, 15) is 10.5 Å². The van der Waals surface area contributed by atoms with Crippen LogP contribution < -0.4 is 0 Å². The van der Waals surface area contributed by atoms with Gasteiger partial charge in [0.2, 0.25) is 0 Å². The minimum atomic E-state index is 0.453. The van der Waals surface area contributed by atoms with Gasteiger partial charge in [0.1, 0.15) is 0 Å². The van der Waals surface area contributed by atoms with Crippen molar-refractivity contribution in [2.45, 2.75) is 0 Å². The average molecular weight is 755 g/mol. The summed E-state index contributed by atoms with van der Waals surface area (Å²) in [5.41, 5.74) is 10.3.